The zero-order valence-corrected chi connectivity index (χ0v) is 36.7. The van der Waals surface area contributed by atoms with Crippen LogP contribution in [0.25, 0.3) is 21.8 Å². The van der Waals surface area contributed by atoms with Gasteiger partial charge >= 0.3 is 5.97 Å². The molecule has 13 nitrogen and oxygen atoms in total. The van der Waals surface area contributed by atoms with E-state index in [-0.39, 0.29) is 63.3 Å². The normalized spacial score (nSPS) is 20.1. The number of carboxylic acid groups (broad SMARTS) is 1. The highest BCUT2D eigenvalue weighted by molar-refractivity contribution is 7.89. The number of benzene rings is 4. The van der Waals surface area contributed by atoms with Crippen LogP contribution < -0.4 is 20.5 Å². The van der Waals surface area contributed by atoms with E-state index in [1.807, 2.05) is 26.0 Å². The summed E-state index contributed by atoms with van der Waals surface area (Å²) in [5, 5.41) is 13.7. The monoisotopic (exact) mass is 904 g/mol. The molecule has 6 aromatic rings. The van der Waals surface area contributed by atoms with Crippen molar-refractivity contribution in [2.75, 3.05) is 0 Å². The summed E-state index contributed by atoms with van der Waals surface area (Å²) < 4.78 is 81.3. The minimum absolute atomic E-state index is 0.0133. The van der Waals surface area contributed by atoms with Crippen LogP contribution in [0.1, 0.15) is 88.4 Å². The van der Waals surface area contributed by atoms with Crippen LogP contribution in [0.4, 0.5) is 8.78 Å². The van der Waals surface area contributed by atoms with Gasteiger partial charge in [0.2, 0.25) is 26.0 Å². The van der Waals surface area contributed by atoms with E-state index in [1.165, 1.54) is 24.3 Å². The first-order valence-corrected chi connectivity index (χ1v) is 23.9. The van der Waals surface area contributed by atoms with Gasteiger partial charge in [-0.05, 0) is 149 Å². The van der Waals surface area contributed by atoms with Gasteiger partial charge in [0.05, 0.1) is 21.8 Å². The summed E-state index contributed by atoms with van der Waals surface area (Å²) in [6, 6.07) is 25.3. The number of fused-ring (bicyclic) bond motifs is 2. The molecular formula is C46H54F2N6O7S2. The van der Waals surface area contributed by atoms with E-state index in [4.69, 9.17) is 10.8 Å². The van der Waals surface area contributed by atoms with Gasteiger partial charge in [-0.3, -0.25) is 9.59 Å². The van der Waals surface area contributed by atoms with Crippen molar-refractivity contribution in [1.29, 1.82) is 0 Å². The zero-order chi connectivity index (χ0) is 45.3. The van der Waals surface area contributed by atoms with Crippen LogP contribution in [0, 0.1) is 23.5 Å². The Kier molecular flexibility index (Phi) is 15.5. The highest BCUT2D eigenvalue weighted by Crippen LogP contribution is 2.29. The maximum absolute atomic E-state index is 13.1. The van der Waals surface area contributed by atoms with Gasteiger partial charge in [-0.25, -0.2) is 35.1 Å². The fraction of sp³-hybridized carbons (Fsp3) is 0.348. The van der Waals surface area contributed by atoms with Crippen LogP contribution in [0.2, 0.25) is 0 Å². The number of hydrogen-bond donors (Lipinski definition) is 7. The van der Waals surface area contributed by atoms with E-state index in [2.05, 4.69) is 24.7 Å². The van der Waals surface area contributed by atoms with Gasteiger partial charge in [0.25, 0.3) is 0 Å². The van der Waals surface area contributed by atoms with E-state index in [9.17, 15) is 35.2 Å². The van der Waals surface area contributed by atoms with Gasteiger partial charge in [0, 0.05) is 58.2 Å². The van der Waals surface area contributed by atoms with E-state index in [0.29, 0.717) is 51.4 Å². The van der Waals surface area contributed by atoms with Crippen LogP contribution in [-0.2, 0) is 29.6 Å². The molecule has 2 aliphatic rings. The predicted octanol–water partition coefficient (Wildman–Crippen LogP) is 7.96. The second-order valence-corrected chi connectivity index (χ2v) is 19.7. The molecule has 2 saturated carbocycles. The number of H-pyrrole nitrogens is 2. The van der Waals surface area contributed by atoms with E-state index >= 15 is 0 Å². The lowest BCUT2D eigenvalue weighted by molar-refractivity contribution is -0.142. The van der Waals surface area contributed by atoms with Crippen LogP contribution in [-0.4, -0.2) is 55.9 Å². The third kappa shape index (κ3) is 12.8. The summed E-state index contributed by atoms with van der Waals surface area (Å²) >= 11 is 0. The SMILES string of the molecule is C[C@@H](N)c1ccc(F)cc1.C[C@@H](NC(=O)C1CCC(NS(=O)(=O)c2ccc3[nH]ccc3c2)CC1)c1ccc(F)cc1.O=C(O)C1CCC(NS(=O)(=O)c2ccc3[nH]ccc3c2)CC1. The van der Waals surface area contributed by atoms with Gasteiger partial charge in [-0.15, -0.1) is 0 Å². The number of sulfonamides is 2. The fourth-order valence-corrected chi connectivity index (χ4v) is 10.5. The molecule has 0 radical (unpaired) electrons. The quantitative estimate of drug-likeness (QED) is 0.0675. The van der Waals surface area contributed by atoms with Crippen molar-refractivity contribution < 1.29 is 40.3 Å². The molecule has 17 heteroatoms. The standard InChI is InChI=1S/C23H26FN3O3S.C15H18N2O4S.C8H10FN/c1-15(16-2-6-19(24)7-3-16)26-23(28)17-4-8-20(9-5-17)27-31(29,30)21-10-11-22-18(14-21)12-13-25-22;18-15(19)10-1-3-12(4-2-10)17-22(20,21)13-5-6-14-11(9-13)7-8-16-14;1-6(10)7-2-4-8(9)5-3-7/h2-3,6-7,10-15,17,20,25,27H,4-5,8-9H2,1H3,(H,26,28);5-10,12,16-17H,1-4H2,(H,18,19);2-6H,10H2,1H3/t15-,17?,20?;;6-/m1.1/s1. The lowest BCUT2D eigenvalue weighted by Gasteiger charge is -2.29. The van der Waals surface area contributed by atoms with E-state index < -0.39 is 26.0 Å². The highest BCUT2D eigenvalue weighted by Gasteiger charge is 2.31. The summed E-state index contributed by atoms with van der Waals surface area (Å²) in [5.74, 6) is -1.87. The number of carboxylic acids is 1. The lowest BCUT2D eigenvalue weighted by atomic mass is 9.85. The molecular weight excluding hydrogens is 851 g/mol. The number of halogens is 2. The van der Waals surface area contributed by atoms with Gasteiger partial charge < -0.3 is 26.1 Å². The number of aliphatic carboxylic acids is 1. The number of nitrogens with one attached hydrogen (secondary N) is 5. The minimum Gasteiger partial charge on any atom is -0.481 e. The summed E-state index contributed by atoms with van der Waals surface area (Å²) in [5.41, 5.74) is 9.12. The molecule has 0 unspecified atom stereocenters. The maximum atomic E-state index is 13.1. The van der Waals surface area contributed by atoms with Gasteiger partial charge in [-0.2, -0.15) is 0 Å². The number of carbonyl (C=O) groups is 2. The number of nitrogens with two attached hydrogens (primary N) is 1. The Bertz CT molecular complexity index is 2690. The Labute approximate surface area is 366 Å². The lowest BCUT2D eigenvalue weighted by Crippen LogP contribution is -2.41. The summed E-state index contributed by atoms with van der Waals surface area (Å²) in [6.07, 6.45) is 8.13. The number of carbonyl (C=O) groups excluding carboxylic acids is 1. The Balaban J connectivity index is 0.000000178. The molecule has 0 spiro atoms. The number of aromatic nitrogens is 2. The molecule has 8 N–H and O–H groups in total. The van der Waals surface area contributed by atoms with Gasteiger partial charge in [0.15, 0.2) is 0 Å². The average molecular weight is 905 g/mol. The number of rotatable bonds is 11. The Morgan fingerprint density at radius 3 is 1.44 bits per heavy atom. The molecule has 2 aromatic heterocycles. The van der Waals surface area contributed by atoms with Crippen molar-refractivity contribution in [3.8, 4) is 0 Å². The molecule has 2 heterocycles. The Morgan fingerprint density at radius 1 is 0.619 bits per heavy atom. The first kappa shape index (κ1) is 47.0. The maximum Gasteiger partial charge on any atom is 0.306 e. The van der Waals surface area contributed by atoms with Crippen LogP contribution >= 0.6 is 0 Å². The Morgan fingerprint density at radius 2 is 1.03 bits per heavy atom. The Hall–Kier alpha value is -5.46. The van der Waals surface area contributed by atoms with Gasteiger partial charge in [0.1, 0.15) is 11.6 Å². The molecule has 4 aromatic carbocycles. The molecule has 2 aliphatic carbocycles. The van der Waals surface area contributed by atoms with Crippen molar-refractivity contribution >= 4 is 53.7 Å². The summed E-state index contributed by atoms with van der Waals surface area (Å²) in [4.78, 5) is 30.1. The third-order valence-corrected chi connectivity index (χ3v) is 14.6. The smallest absolute Gasteiger partial charge is 0.306 e. The number of aromatic amines is 2. The first-order chi connectivity index (χ1) is 30.0. The largest absolute Gasteiger partial charge is 0.481 e. The van der Waals surface area contributed by atoms with Crippen LogP contribution in [0.15, 0.2) is 119 Å². The van der Waals surface area contributed by atoms with Gasteiger partial charge in [-0.1, -0.05) is 24.3 Å². The van der Waals surface area contributed by atoms with Crippen LogP contribution in [0.5, 0.6) is 0 Å². The molecule has 2 fully saturated rings. The molecule has 2 atom stereocenters. The number of hydrogen-bond acceptors (Lipinski definition) is 7. The zero-order valence-electron chi connectivity index (χ0n) is 35.1. The van der Waals surface area contributed by atoms with E-state index in [0.717, 1.165) is 32.9 Å². The topological polar surface area (TPSA) is 216 Å². The average Bonchev–Trinajstić information content (AvgIpc) is 3.94. The first-order valence-electron chi connectivity index (χ1n) is 21.0. The molecule has 8 rings (SSSR count). The van der Waals surface area contributed by atoms with Crippen molar-refractivity contribution in [2.45, 2.75) is 99.2 Å². The minimum atomic E-state index is -3.62. The third-order valence-electron chi connectivity index (χ3n) is 11.6. The second kappa shape index (κ2) is 20.8. The fourth-order valence-electron chi connectivity index (χ4n) is 7.84. The van der Waals surface area contributed by atoms with Crippen molar-refractivity contribution in [3.05, 3.63) is 132 Å². The summed E-state index contributed by atoms with van der Waals surface area (Å²) in [6.45, 7) is 3.74. The highest BCUT2D eigenvalue weighted by atomic mass is 32.2. The van der Waals surface area contributed by atoms with Crippen molar-refractivity contribution in [1.82, 2.24) is 24.7 Å². The van der Waals surface area contributed by atoms with Crippen molar-refractivity contribution in [3.63, 3.8) is 0 Å². The molecule has 0 saturated heterocycles. The number of amides is 1. The molecule has 0 bridgehead atoms. The molecule has 63 heavy (non-hydrogen) atoms. The van der Waals surface area contributed by atoms with Crippen LogP contribution in [0.3, 0.4) is 0 Å². The predicted molar refractivity (Wildman–Crippen MR) is 238 cm³/mol. The van der Waals surface area contributed by atoms with Crippen molar-refractivity contribution in [2.24, 2.45) is 17.6 Å². The van der Waals surface area contributed by atoms with E-state index in [1.54, 1.807) is 73.1 Å². The molecule has 1 amide bonds. The molecule has 0 aliphatic heterocycles. The second-order valence-electron chi connectivity index (χ2n) is 16.3. The summed E-state index contributed by atoms with van der Waals surface area (Å²) in [7, 11) is -7.20. The molecule has 336 valence electrons.